The van der Waals surface area contributed by atoms with Gasteiger partial charge in [-0.15, -0.1) is 0 Å². The first-order valence-corrected chi connectivity index (χ1v) is 5.51. The molecule has 0 heterocycles. The number of hydrogen-bond donors (Lipinski definition) is 1. The van der Waals surface area contributed by atoms with Crippen LogP contribution in [0.3, 0.4) is 0 Å². The van der Waals surface area contributed by atoms with Crippen molar-refractivity contribution in [1.82, 2.24) is 0 Å². The highest BCUT2D eigenvalue weighted by atomic mass is 16.5. The molecule has 1 aromatic rings. The molecule has 0 fully saturated rings. The van der Waals surface area contributed by atoms with E-state index in [0.717, 1.165) is 23.5 Å². The Hall–Kier alpha value is -1.22. The molecule has 1 unspecified atom stereocenters. The molecule has 3 nitrogen and oxygen atoms in total. The molecule has 0 saturated heterocycles. The summed E-state index contributed by atoms with van der Waals surface area (Å²) in [6, 6.07) is 4.03. The number of ether oxygens (including phenoxy) is 2. The van der Waals surface area contributed by atoms with Gasteiger partial charge in [0.1, 0.15) is 11.5 Å². The van der Waals surface area contributed by atoms with Gasteiger partial charge in [0, 0.05) is 17.7 Å². The van der Waals surface area contributed by atoms with E-state index in [1.165, 1.54) is 5.56 Å². The zero-order valence-corrected chi connectivity index (χ0v) is 10.3. The van der Waals surface area contributed by atoms with Crippen molar-refractivity contribution in [1.29, 1.82) is 0 Å². The zero-order chi connectivity index (χ0) is 11.9. The number of rotatable bonds is 2. The predicted molar refractivity (Wildman–Crippen MR) is 64.1 cm³/mol. The first-order valence-electron chi connectivity index (χ1n) is 5.51. The van der Waals surface area contributed by atoms with Crippen LogP contribution < -0.4 is 15.2 Å². The van der Waals surface area contributed by atoms with E-state index in [1.807, 2.05) is 12.1 Å². The molecule has 3 heteroatoms. The van der Waals surface area contributed by atoms with Crippen LogP contribution in [0.4, 0.5) is 0 Å². The standard InChI is InChI=1S/C13H19NO2/c1-13(2)7-10(14)9-5-8(15-3)6-11(16-4)12(9)13/h5-6,10H,7,14H2,1-4H3. The summed E-state index contributed by atoms with van der Waals surface area (Å²) in [6.45, 7) is 4.40. The average molecular weight is 221 g/mol. The second-order valence-electron chi connectivity index (χ2n) is 4.99. The summed E-state index contributed by atoms with van der Waals surface area (Å²) in [5.74, 6) is 1.69. The topological polar surface area (TPSA) is 44.5 Å². The Bertz CT molecular complexity index is 413. The number of fused-ring (bicyclic) bond motifs is 1. The van der Waals surface area contributed by atoms with Gasteiger partial charge in [0.2, 0.25) is 0 Å². The van der Waals surface area contributed by atoms with Gasteiger partial charge in [-0.1, -0.05) is 13.8 Å². The molecule has 0 amide bonds. The molecule has 0 radical (unpaired) electrons. The summed E-state index contributed by atoms with van der Waals surface area (Å²) in [4.78, 5) is 0. The fourth-order valence-electron chi connectivity index (χ4n) is 2.67. The highest BCUT2D eigenvalue weighted by Crippen LogP contribution is 2.49. The lowest BCUT2D eigenvalue weighted by Gasteiger charge is -2.21. The maximum Gasteiger partial charge on any atom is 0.126 e. The largest absolute Gasteiger partial charge is 0.497 e. The molecule has 88 valence electrons. The van der Waals surface area contributed by atoms with E-state index >= 15 is 0 Å². The van der Waals surface area contributed by atoms with Gasteiger partial charge in [0.25, 0.3) is 0 Å². The van der Waals surface area contributed by atoms with Crippen molar-refractivity contribution < 1.29 is 9.47 Å². The summed E-state index contributed by atoms with van der Waals surface area (Å²) in [5, 5.41) is 0. The van der Waals surface area contributed by atoms with Crippen molar-refractivity contribution in [2.75, 3.05) is 14.2 Å². The lowest BCUT2D eigenvalue weighted by atomic mass is 9.86. The molecule has 0 aliphatic heterocycles. The summed E-state index contributed by atoms with van der Waals surface area (Å²) in [5.41, 5.74) is 8.61. The third kappa shape index (κ3) is 1.55. The normalized spacial score (nSPS) is 21.7. The first kappa shape index (κ1) is 11.3. The van der Waals surface area contributed by atoms with Crippen LogP contribution in [-0.2, 0) is 5.41 Å². The summed E-state index contributed by atoms with van der Waals surface area (Å²) < 4.78 is 10.7. The van der Waals surface area contributed by atoms with Crippen LogP contribution >= 0.6 is 0 Å². The molecule has 0 bridgehead atoms. The molecule has 1 aliphatic rings. The van der Waals surface area contributed by atoms with Crippen LogP contribution in [-0.4, -0.2) is 14.2 Å². The van der Waals surface area contributed by atoms with E-state index in [0.29, 0.717) is 0 Å². The third-order valence-electron chi connectivity index (χ3n) is 3.37. The number of nitrogens with two attached hydrogens (primary N) is 1. The highest BCUT2D eigenvalue weighted by Gasteiger charge is 2.38. The van der Waals surface area contributed by atoms with Gasteiger partial charge in [0.15, 0.2) is 0 Å². The maximum atomic E-state index is 6.16. The second-order valence-corrected chi connectivity index (χ2v) is 4.99. The van der Waals surface area contributed by atoms with Crippen molar-refractivity contribution in [2.24, 2.45) is 5.73 Å². The summed E-state index contributed by atoms with van der Waals surface area (Å²) in [7, 11) is 3.35. The SMILES string of the molecule is COc1cc(OC)c2c(c1)C(N)CC2(C)C. The van der Waals surface area contributed by atoms with Crippen LogP contribution in [0.2, 0.25) is 0 Å². The molecule has 0 spiro atoms. The lowest BCUT2D eigenvalue weighted by Crippen LogP contribution is -2.15. The van der Waals surface area contributed by atoms with Crippen molar-refractivity contribution in [3.05, 3.63) is 23.3 Å². The van der Waals surface area contributed by atoms with Crippen molar-refractivity contribution in [2.45, 2.75) is 31.7 Å². The fourth-order valence-corrected chi connectivity index (χ4v) is 2.67. The van der Waals surface area contributed by atoms with Gasteiger partial charge in [0.05, 0.1) is 14.2 Å². The molecule has 1 aromatic carbocycles. The van der Waals surface area contributed by atoms with Gasteiger partial charge >= 0.3 is 0 Å². The summed E-state index contributed by atoms with van der Waals surface area (Å²) in [6.07, 6.45) is 0.950. The van der Waals surface area contributed by atoms with E-state index < -0.39 is 0 Å². The van der Waals surface area contributed by atoms with Gasteiger partial charge < -0.3 is 15.2 Å². The second kappa shape index (κ2) is 3.67. The van der Waals surface area contributed by atoms with Crippen LogP contribution in [0.5, 0.6) is 11.5 Å². The van der Waals surface area contributed by atoms with Crippen molar-refractivity contribution in [3.8, 4) is 11.5 Å². The molecular weight excluding hydrogens is 202 g/mol. The Morgan fingerprint density at radius 2 is 1.94 bits per heavy atom. The van der Waals surface area contributed by atoms with Crippen LogP contribution in [0.1, 0.15) is 37.4 Å². The van der Waals surface area contributed by atoms with Gasteiger partial charge in [-0.25, -0.2) is 0 Å². The quantitative estimate of drug-likeness (QED) is 0.834. The zero-order valence-electron chi connectivity index (χ0n) is 10.3. The Morgan fingerprint density at radius 3 is 2.50 bits per heavy atom. The molecule has 2 N–H and O–H groups in total. The van der Waals surface area contributed by atoms with Gasteiger partial charge in [-0.3, -0.25) is 0 Å². The van der Waals surface area contributed by atoms with Gasteiger partial charge in [-0.05, 0) is 23.5 Å². The number of methoxy groups -OCH3 is 2. The van der Waals surface area contributed by atoms with Gasteiger partial charge in [-0.2, -0.15) is 0 Å². The Kier molecular flexibility index (Phi) is 2.58. The van der Waals surface area contributed by atoms with E-state index in [4.69, 9.17) is 15.2 Å². The van der Waals surface area contributed by atoms with E-state index in [9.17, 15) is 0 Å². The smallest absolute Gasteiger partial charge is 0.126 e. The minimum atomic E-state index is 0.0758. The van der Waals surface area contributed by atoms with Crippen LogP contribution in [0, 0.1) is 0 Å². The van der Waals surface area contributed by atoms with E-state index in [2.05, 4.69) is 13.8 Å². The molecule has 2 rings (SSSR count). The van der Waals surface area contributed by atoms with Crippen LogP contribution in [0.25, 0.3) is 0 Å². The monoisotopic (exact) mass is 221 g/mol. The maximum absolute atomic E-state index is 6.16. The van der Waals surface area contributed by atoms with E-state index in [-0.39, 0.29) is 11.5 Å². The molecule has 0 saturated carbocycles. The minimum absolute atomic E-state index is 0.0758. The average Bonchev–Trinajstić information content (AvgIpc) is 2.48. The molecular formula is C13H19NO2. The van der Waals surface area contributed by atoms with Crippen LogP contribution in [0.15, 0.2) is 12.1 Å². The Morgan fingerprint density at radius 1 is 1.25 bits per heavy atom. The minimum Gasteiger partial charge on any atom is -0.497 e. The Labute approximate surface area is 96.5 Å². The number of benzene rings is 1. The van der Waals surface area contributed by atoms with Crippen molar-refractivity contribution in [3.63, 3.8) is 0 Å². The molecule has 0 aromatic heterocycles. The molecule has 1 atom stereocenters. The van der Waals surface area contributed by atoms with Crippen molar-refractivity contribution >= 4 is 0 Å². The highest BCUT2D eigenvalue weighted by molar-refractivity contribution is 5.54. The molecule has 16 heavy (non-hydrogen) atoms. The fraction of sp³-hybridized carbons (Fsp3) is 0.538. The molecule has 1 aliphatic carbocycles. The summed E-state index contributed by atoms with van der Waals surface area (Å²) >= 11 is 0. The predicted octanol–water partition coefficient (Wildman–Crippen LogP) is 2.38. The number of hydrogen-bond acceptors (Lipinski definition) is 3. The lowest BCUT2D eigenvalue weighted by molar-refractivity contribution is 0.381. The third-order valence-corrected chi connectivity index (χ3v) is 3.37. The Balaban J connectivity index is 2.64. The van der Waals surface area contributed by atoms with E-state index in [1.54, 1.807) is 14.2 Å². The first-order chi connectivity index (χ1) is 7.49.